The van der Waals surface area contributed by atoms with Crippen molar-refractivity contribution < 1.29 is 4.42 Å². The topological polar surface area (TPSA) is 25.2 Å². The van der Waals surface area contributed by atoms with Gasteiger partial charge in [0.25, 0.3) is 0 Å². The molecule has 1 fully saturated rings. The lowest BCUT2D eigenvalue weighted by molar-refractivity contribution is 0.286. The lowest BCUT2D eigenvalue weighted by atomic mass is 9.90. The maximum absolute atomic E-state index is 5.66. The van der Waals surface area contributed by atoms with E-state index in [4.69, 9.17) is 4.42 Å². The normalized spacial score (nSPS) is 20.1. The number of nitrogens with one attached hydrogen (secondary N) is 1. The molecule has 1 aliphatic carbocycles. The molecule has 0 bridgehead atoms. The molecular formula is C14H22BrNO. The summed E-state index contributed by atoms with van der Waals surface area (Å²) in [6, 6.07) is 2.37. The summed E-state index contributed by atoms with van der Waals surface area (Å²) in [5.41, 5.74) is 0. The predicted molar refractivity (Wildman–Crippen MR) is 74.0 cm³/mol. The van der Waals surface area contributed by atoms with Crippen LogP contribution in [0.3, 0.4) is 0 Å². The lowest BCUT2D eigenvalue weighted by Crippen LogP contribution is -2.28. The van der Waals surface area contributed by atoms with E-state index in [0.29, 0.717) is 6.04 Å². The average Bonchev–Trinajstić information content (AvgIpc) is 2.60. The van der Waals surface area contributed by atoms with Crippen molar-refractivity contribution in [3.8, 4) is 0 Å². The van der Waals surface area contributed by atoms with Crippen molar-refractivity contribution in [3.63, 3.8) is 0 Å². The molecule has 0 spiro atoms. The molecule has 1 heterocycles. The van der Waals surface area contributed by atoms with Crippen molar-refractivity contribution in [3.05, 3.63) is 22.6 Å². The van der Waals surface area contributed by atoms with Gasteiger partial charge in [-0.05, 0) is 47.3 Å². The Kier molecular flexibility index (Phi) is 5.11. The second-order valence-corrected chi connectivity index (χ2v) is 5.77. The molecule has 3 heteroatoms. The highest BCUT2D eigenvalue weighted by molar-refractivity contribution is 9.10. The van der Waals surface area contributed by atoms with Crippen LogP contribution in [0.15, 0.2) is 21.2 Å². The first kappa shape index (κ1) is 13.2. The molecule has 1 saturated carbocycles. The maximum atomic E-state index is 5.66. The van der Waals surface area contributed by atoms with Crippen LogP contribution < -0.4 is 5.32 Å². The fourth-order valence-electron chi connectivity index (χ4n) is 2.86. The van der Waals surface area contributed by atoms with E-state index in [1.807, 2.05) is 6.07 Å². The molecule has 0 aliphatic heterocycles. The van der Waals surface area contributed by atoms with Crippen LogP contribution in [0, 0.1) is 5.92 Å². The van der Waals surface area contributed by atoms with Gasteiger partial charge in [0.1, 0.15) is 5.76 Å². The average molecular weight is 300 g/mol. The van der Waals surface area contributed by atoms with Crippen LogP contribution in [-0.4, -0.2) is 6.54 Å². The molecule has 1 N–H and O–H groups in total. The molecule has 1 aromatic rings. The summed E-state index contributed by atoms with van der Waals surface area (Å²) in [6.45, 7) is 3.16. The van der Waals surface area contributed by atoms with Crippen LogP contribution in [-0.2, 0) is 0 Å². The standard InChI is InChI=1S/C14H22BrNO/c1-2-16-13(14-12(15)9-10-17-14)11-7-5-3-4-6-8-11/h9-11,13,16H,2-8H2,1H3. The van der Waals surface area contributed by atoms with Crippen molar-refractivity contribution in [2.75, 3.05) is 6.54 Å². The molecule has 2 nitrogen and oxygen atoms in total. The third kappa shape index (κ3) is 3.35. The summed E-state index contributed by atoms with van der Waals surface area (Å²) in [7, 11) is 0. The SMILES string of the molecule is CCNC(c1occc1Br)C1CCCCCC1. The van der Waals surface area contributed by atoms with Gasteiger partial charge in [-0.3, -0.25) is 0 Å². The first-order valence-electron chi connectivity index (χ1n) is 6.79. The monoisotopic (exact) mass is 299 g/mol. The Balaban J connectivity index is 2.13. The summed E-state index contributed by atoms with van der Waals surface area (Å²) in [5.74, 6) is 1.80. The zero-order valence-corrected chi connectivity index (χ0v) is 12.1. The minimum absolute atomic E-state index is 0.377. The summed E-state index contributed by atoms with van der Waals surface area (Å²) in [5, 5.41) is 3.60. The maximum Gasteiger partial charge on any atom is 0.135 e. The van der Waals surface area contributed by atoms with Gasteiger partial charge in [-0.1, -0.05) is 32.6 Å². The quantitative estimate of drug-likeness (QED) is 0.818. The highest BCUT2D eigenvalue weighted by Crippen LogP contribution is 2.36. The summed E-state index contributed by atoms with van der Waals surface area (Å²) in [4.78, 5) is 0. The van der Waals surface area contributed by atoms with Crippen LogP contribution in [0.1, 0.15) is 57.3 Å². The van der Waals surface area contributed by atoms with E-state index < -0.39 is 0 Å². The Morgan fingerprint density at radius 1 is 1.35 bits per heavy atom. The summed E-state index contributed by atoms with van der Waals surface area (Å²) < 4.78 is 6.77. The third-order valence-corrected chi connectivity index (χ3v) is 4.38. The first-order valence-corrected chi connectivity index (χ1v) is 7.58. The number of halogens is 1. The van der Waals surface area contributed by atoms with Gasteiger partial charge < -0.3 is 9.73 Å². The molecule has 0 aromatic carbocycles. The van der Waals surface area contributed by atoms with Crippen molar-refractivity contribution in [2.45, 2.75) is 51.5 Å². The highest BCUT2D eigenvalue weighted by Gasteiger charge is 2.27. The molecule has 2 rings (SSSR count). The van der Waals surface area contributed by atoms with E-state index in [9.17, 15) is 0 Å². The van der Waals surface area contributed by atoms with Crippen LogP contribution in [0.2, 0.25) is 0 Å². The molecule has 96 valence electrons. The van der Waals surface area contributed by atoms with Gasteiger partial charge in [-0.15, -0.1) is 0 Å². The molecular weight excluding hydrogens is 278 g/mol. The van der Waals surface area contributed by atoms with E-state index in [1.54, 1.807) is 6.26 Å². The summed E-state index contributed by atoms with van der Waals surface area (Å²) in [6.07, 6.45) is 9.95. The molecule has 17 heavy (non-hydrogen) atoms. The molecule has 1 aliphatic rings. The van der Waals surface area contributed by atoms with Crippen molar-refractivity contribution in [1.82, 2.24) is 5.32 Å². The number of hydrogen-bond acceptors (Lipinski definition) is 2. The van der Waals surface area contributed by atoms with Crippen molar-refractivity contribution in [2.24, 2.45) is 5.92 Å². The van der Waals surface area contributed by atoms with Gasteiger partial charge in [0, 0.05) is 0 Å². The van der Waals surface area contributed by atoms with Gasteiger partial charge in [0.05, 0.1) is 16.8 Å². The fourth-order valence-corrected chi connectivity index (χ4v) is 3.31. The number of rotatable bonds is 4. The van der Waals surface area contributed by atoms with Crippen LogP contribution in [0.5, 0.6) is 0 Å². The molecule has 0 radical (unpaired) electrons. The van der Waals surface area contributed by atoms with Gasteiger partial charge in [0.15, 0.2) is 0 Å². The minimum atomic E-state index is 0.377. The Morgan fingerprint density at radius 2 is 2.06 bits per heavy atom. The van der Waals surface area contributed by atoms with E-state index in [0.717, 1.165) is 22.7 Å². The zero-order valence-electron chi connectivity index (χ0n) is 10.5. The largest absolute Gasteiger partial charge is 0.466 e. The second kappa shape index (κ2) is 6.60. The van der Waals surface area contributed by atoms with E-state index >= 15 is 0 Å². The van der Waals surface area contributed by atoms with E-state index in [2.05, 4.69) is 28.2 Å². The predicted octanol–water partition coefficient (Wildman–Crippen LogP) is 4.66. The Labute approximate surface area is 112 Å². The zero-order chi connectivity index (χ0) is 12.1. The first-order chi connectivity index (χ1) is 8.33. The Hall–Kier alpha value is -0.280. The fraction of sp³-hybridized carbons (Fsp3) is 0.714. The van der Waals surface area contributed by atoms with Gasteiger partial charge in [0.2, 0.25) is 0 Å². The lowest BCUT2D eigenvalue weighted by Gasteiger charge is -2.25. The molecule has 1 unspecified atom stereocenters. The summed E-state index contributed by atoms with van der Waals surface area (Å²) >= 11 is 3.59. The van der Waals surface area contributed by atoms with Gasteiger partial charge in [-0.2, -0.15) is 0 Å². The van der Waals surface area contributed by atoms with Gasteiger partial charge >= 0.3 is 0 Å². The molecule has 1 aromatic heterocycles. The highest BCUT2D eigenvalue weighted by atomic mass is 79.9. The van der Waals surface area contributed by atoms with Crippen molar-refractivity contribution >= 4 is 15.9 Å². The number of hydrogen-bond donors (Lipinski definition) is 1. The third-order valence-electron chi connectivity index (χ3n) is 3.72. The molecule has 1 atom stereocenters. The van der Waals surface area contributed by atoms with E-state index in [1.165, 1.54) is 38.5 Å². The van der Waals surface area contributed by atoms with Crippen LogP contribution in [0.4, 0.5) is 0 Å². The number of furan rings is 1. The molecule has 0 amide bonds. The smallest absolute Gasteiger partial charge is 0.135 e. The molecule has 0 saturated heterocycles. The minimum Gasteiger partial charge on any atom is -0.466 e. The second-order valence-electron chi connectivity index (χ2n) is 4.92. The van der Waals surface area contributed by atoms with Crippen molar-refractivity contribution in [1.29, 1.82) is 0 Å². The van der Waals surface area contributed by atoms with Gasteiger partial charge in [-0.25, -0.2) is 0 Å². The van der Waals surface area contributed by atoms with E-state index in [-0.39, 0.29) is 0 Å². The van der Waals surface area contributed by atoms with Crippen LogP contribution in [0.25, 0.3) is 0 Å². The van der Waals surface area contributed by atoms with Crippen LogP contribution >= 0.6 is 15.9 Å². The Bertz CT molecular complexity index is 329. The Morgan fingerprint density at radius 3 is 2.59 bits per heavy atom.